The average Bonchev–Trinajstić information content (AvgIpc) is 3.19. The van der Waals surface area contributed by atoms with Crippen LogP contribution in [0.1, 0.15) is 127 Å². The second kappa shape index (κ2) is 12.9. The maximum absolute atomic E-state index is 7.08. The van der Waals surface area contributed by atoms with Crippen molar-refractivity contribution in [2.45, 2.75) is 175 Å². The van der Waals surface area contributed by atoms with Crippen molar-refractivity contribution in [2.75, 3.05) is 0 Å². The van der Waals surface area contributed by atoms with Crippen LogP contribution in [0, 0.1) is 23.2 Å². The lowest BCUT2D eigenvalue weighted by Gasteiger charge is -2.46. The van der Waals surface area contributed by atoms with Gasteiger partial charge in [-0.1, -0.05) is 111 Å². The van der Waals surface area contributed by atoms with Crippen molar-refractivity contribution in [1.82, 2.24) is 0 Å². The van der Waals surface area contributed by atoms with Crippen molar-refractivity contribution in [1.29, 1.82) is 0 Å². The third kappa shape index (κ3) is 7.81. The molecule has 6 atom stereocenters. The predicted molar refractivity (Wildman–Crippen MR) is 186 cm³/mol. The number of hydrogen-bond donors (Lipinski definition) is 0. The summed E-state index contributed by atoms with van der Waals surface area (Å²) < 4.78 is 14.2. The van der Waals surface area contributed by atoms with Gasteiger partial charge in [-0.3, -0.25) is 0 Å². The van der Waals surface area contributed by atoms with Gasteiger partial charge in [0.2, 0.25) is 0 Å². The first-order valence-corrected chi connectivity index (χ1v) is 23.0. The molecule has 3 rings (SSSR count). The standard InChI is InChI=1S/C37H68O2Si2/c1-15-16-18-27(2)31-22-23-32-30(19-17-24-37(31,32)10)21-20-29-25-33(38-40(11,12)35(4,5)6)28(3)34(26-29)39-41(13,14)36(7,8)9/h20-21,27,31-34H,3,15-19,22-26H2,1-2,4-14H3/b30-21+/t27-,31-,32+,33-,34-,37-/m1/s1. The molecule has 0 amide bonds. The fourth-order valence-corrected chi connectivity index (χ4v) is 10.2. The molecular weight excluding hydrogens is 533 g/mol. The Morgan fingerprint density at radius 3 is 1.95 bits per heavy atom. The van der Waals surface area contributed by atoms with Crippen molar-refractivity contribution in [2.24, 2.45) is 23.2 Å². The van der Waals surface area contributed by atoms with Crippen LogP contribution >= 0.6 is 0 Å². The largest absolute Gasteiger partial charge is 0.410 e. The fraction of sp³-hybridized carbons (Fsp3) is 0.838. The molecule has 3 fully saturated rings. The zero-order chi connectivity index (χ0) is 31.0. The maximum Gasteiger partial charge on any atom is 0.192 e. The molecule has 0 aromatic heterocycles. The topological polar surface area (TPSA) is 18.5 Å². The smallest absolute Gasteiger partial charge is 0.192 e. The monoisotopic (exact) mass is 600 g/mol. The number of allylic oxidation sites excluding steroid dienone is 3. The third-order valence-corrected chi connectivity index (χ3v) is 21.5. The van der Waals surface area contributed by atoms with Crippen molar-refractivity contribution in [3.05, 3.63) is 35.5 Å². The van der Waals surface area contributed by atoms with Crippen LogP contribution < -0.4 is 0 Å². The molecule has 0 aromatic rings. The maximum atomic E-state index is 7.08. The van der Waals surface area contributed by atoms with Crippen LogP contribution in [0.5, 0.6) is 0 Å². The fourth-order valence-electron chi connectivity index (χ4n) is 7.63. The van der Waals surface area contributed by atoms with E-state index in [4.69, 9.17) is 8.85 Å². The Morgan fingerprint density at radius 2 is 1.46 bits per heavy atom. The van der Waals surface area contributed by atoms with E-state index in [0.29, 0.717) is 5.41 Å². The van der Waals surface area contributed by atoms with Gasteiger partial charge in [0.15, 0.2) is 16.6 Å². The van der Waals surface area contributed by atoms with Crippen molar-refractivity contribution in [3.8, 4) is 0 Å². The minimum Gasteiger partial charge on any atom is -0.410 e. The normalized spacial score (nSPS) is 31.9. The van der Waals surface area contributed by atoms with Gasteiger partial charge >= 0.3 is 0 Å². The van der Waals surface area contributed by atoms with Crippen LogP contribution in [0.25, 0.3) is 0 Å². The highest BCUT2D eigenvalue weighted by atomic mass is 28.4. The van der Waals surface area contributed by atoms with Gasteiger partial charge in [-0.05, 0) is 110 Å². The molecule has 0 heterocycles. The van der Waals surface area contributed by atoms with Gasteiger partial charge in [0, 0.05) is 0 Å². The molecule has 0 saturated heterocycles. The van der Waals surface area contributed by atoms with Gasteiger partial charge in [-0.15, -0.1) is 0 Å². The lowest BCUT2D eigenvalue weighted by atomic mass is 9.60. The van der Waals surface area contributed by atoms with Gasteiger partial charge in [0.1, 0.15) is 0 Å². The van der Waals surface area contributed by atoms with Gasteiger partial charge in [0.05, 0.1) is 12.2 Å². The van der Waals surface area contributed by atoms with E-state index in [0.717, 1.165) is 30.6 Å². The Kier molecular flexibility index (Phi) is 11.0. The van der Waals surface area contributed by atoms with E-state index in [1.165, 1.54) is 62.5 Å². The number of fused-ring (bicyclic) bond motifs is 1. The summed E-state index contributed by atoms with van der Waals surface area (Å²) in [5.41, 5.74) is 4.88. The second-order valence-electron chi connectivity index (χ2n) is 17.5. The molecule has 3 aliphatic rings. The second-order valence-corrected chi connectivity index (χ2v) is 27.0. The molecule has 236 valence electrons. The Labute approximate surface area is 258 Å². The Morgan fingerprint density at radius 1 is 0.927 bits per heavy atom. The minimum absolute atomic E-state index is 0.0518. The van der Waals surface area contributed by atoms with Gasteiger partial charge in [-0.2, -0.15) is 0 Å². The van der Waals surface area contributed by atoms with E-state index in [9.17, 15) is 0 Å². The van der Waals surface area contributed by atoms with E-state index < -0.39 is 16.6 Å². The van der Waals surface area contributed by atoms with E-state index in [2.05, 4.69) is 107 Å². The number of unbranched alkanes of at least 4 members (excludes halogenated alkanes) is 1. The van der Waals surface area contributed by atoms with Crippen LogP contribution in [-0.4, -0.2) is 28.8 Å². The summed E-state index contributed by atoms with van der Waals surface area (Å²) >= 11 is 0. The molecule has 3 saturated carbocycles. The first-order valence-electron chi connectivity index (χ1n) is 17.2. The quantitative estimate of drug-likeness (QED) is 0.193. The number of rotatable bonds is 9. The summed E-state index contributed by atoms with van der Waals surface area (Å²) in [6, 6.07) is 0. The van der Waals surface area contributed by atoms with Gasteiger partial charge in [0.25, 0.3) is 0 Å². The first-order chi connectivity index (χ1) is 18.7. The van der Waals surface area contributed by atoms with Crippen LogP contribution in [0.15, 0.2) is 35.5 Å². The van der Waals surface area contributed by atoms with E-state index in [-0.39, 0.29) is 22.3 Å². The molecule has 0 radical (unpaired) electrons. The summed E-state index contributed by atoms with van der Waals surface area (Å²) in [6.07, 6.45) is 18.1. The van der Waals surface area contributed by atoms with Crippen LogP contribution in [0.3, 0.4) is 0 Å². The predicted octanol–water partition coefficient (Wildman–Crippen LogP) is 12.0. The molecule has 0 aliphatic heterocycles. The van der Waals surface area contributed by atoms with Crippen molar-refractivity contribution in [3.63, 3.8) is 0 Å². The molecule has 0 N–H and O–H groups in total. The van der Waals surface area contributed by atoms with E-state index >= 15 is 0 Å². The first kappa shape index (κ1) is 35.1. The van der Waals surface area contributed by atoms with Crippen LogP contribution in [0.2, 0.25) is 36.3 Å². The molecule has 0 aromatic carbocycles. The molecule has 0 bridgehead atoms. The summed E-state index contributed by atoms with van der Waals surface area (Å²) in [5, 5.41) is 0.346. The minimum atomic E-state index is -1.95. The molecule has 2 nitrogen and oxygen atoms in total. The zero-order valence-electron chi connectivity index (χ0n) is 29.6. The Balaban J connectivity index is 1.89. The van der Waals surface area contributed by atoms with Crippen LogP contribution in [0.4, 0.5) is 0 Å². The summed E-state index contributed by atoms with van der Waals surface area (Å²) in [4.78, 5) is 0. The average molecular weight is 601 g/mol. The van der Waals surface area contributed by atoms with Crippen molar-refractivity contribution < 1.29 is 8.85 Å². The lowest BCUT2D eigenvalue weighted by molar-refractivity contribution is 0.0934. The SMILES string of the molecule is C=C1[C@H](O[Si](C)(C)C(C)(C)C)CC(=C/C=C2\CCC[C@]3(C)[C@@H]([C@H](C)CCCC)CC[C@@H]23)C[C@H]1O[Si](C)(C)C(C)(C)C. The molecule has 3 aliphatic carbocycles. The van der Waals surface area contributed by atoms with E-state index in [1.807, 2.05) is 0 Å². The van der Waals surface area contributed by atoms with Gasteiger partial charge < -0.3 is 8.85 Å². The third-order valence-electron chi connectivity index (χ3n) is 12.5. The summed E-state index contributed by atoms with van der Waals surface area (Å²) in [7, 11) is -3.89. The molecule has 41 heavy (non-hydrogen) atoms. The highest BCUT2D eigenvalue weighted by molar-refractivity contribution is 6.74. The summed E-state index contributed by atoms with van der Waals surface area (Å²) in [5.74, 6) is 2.51. The van der Waals surface area contributed by atoms with E-state index in [1.54, 1.807) is 5.57 Å². The summed E-state index contributed by atoms with van der Waals surface area (Å²) in [6.45, 7) is 35.7. The highest BCUT2D eigenvalue weighted by Gasteiger charge is 2.50. The number of hydrogen-bond acceptors (Lipinski definition) is 2. The highest BCUT2D eigenvalue weighted by Crippen LogP contribution is 2.60. The molecular formula is C37H68O2Si2. The zero-order valence-corrected chi connectivity index (χ0v) is 31.6. The molecule has 4 heteroatoms. The molecule has 0 spiro atoms. The van der Waals surface area contributed by atoms with Crippen LogP contribution in [-0.2, 0) is 8.85 Å². The Hall–Kier alpha value is -0.426. The van der Waals surface area contributed by atoms with Gasteiger partial charge in [-0.25, -0.2) is 0 Å². The van der Waals surface area contributed by atoms with Crippen molar-refractivity contribution >= 4 is 16.6 Å². The molecule has 0 unspecified atom stereocenters. The lowest BCUT2D eigenvalue weighted by Crippen LogP contribution is -2.49. The Bertz CT molecular complexity index is 934.